The van der Waals surface area contributed by atoms with Gasteiger partial charge in [-0.3, -0.25) is 20.2 Å². The number of rotatable bonds is 5. The molecule has 0 aliphatic heterocycles. The van der Waals surface area contributed by atoms with Crippen molar-refractivity contribution in [3.8, 4) is 0 Å². The molecule has 2 rings (SSSR count). The molecule has 0 saturated heterocycles. The number of nitrogens with zero attached hydrogens (tertiary/aromatic N) is 3. The first kappa shape index (κ1) is 14.4. The minimum absolute atomic E-state index is 0.0611. The van der Waals surface area contributed by atoms with Crippen LogP contribution in [0.2, 0.25) is 0 Å². The summed E-state index contributed by atoms with van der Waals surface area (Å²) < 4.78 is 0. The van der Waals surface area contributed by atoms with Gasteiger partial charge in [0.1, 0.15) is 12.0 Å². The first-order valence-electron chi connectivity index (χ1n) is 6.06. The van der Waals surface area contributed by atoms with E-state index in [-0.39, 0.29) is 11.4 Å². The van der Waals surface area contributed by atoms with E-state index in [1.165, 1.54) is 18.2 Å². The number of pyridine rings is 1. The Morgan fingerprint density at radius 3 is 2.48 bits per heavy atom. The van der Waals surface area contributed by atoms with Crippen molar-refractivity contribution in [1.82, 2.24) is 4.98 Å². The van der Waals surface area contributed by atoms with Crippen LogP contribution in [-0.4, -0.2) is 14.8 Å². The van der Waals surface area contributed by atoms with E-state index in [4.69, 9.17) is 0 Å². The predicted octanol–water partition coefficient (Wildman–Crippen LogP) is 2.82. The van der Waals surface area contributed by atoms with Gasteiger partial charge < -0.3 is 5.32 Å². The lowest BCUT2D eigenvalue weighted by atomic mass is 10.1. The molecule has 0 fully saturated rings. The van der Waals surface area contributed by atoms with Gasteiger partial charge in [-0.1, -0.05) is 12.1 Å². The maximum absolute atomic E-state index is 10.9. The van der Waals surface area contributed by atoms with Crippen molar-refractivity contribution in [2.75, 3.05) is 5.32 Å². The molecule has 0 radical (unpaired) electrons. The quantitative estimate of drug-likeness (QED) is 0.668. The molecule has 1 heterocycles. The van der Waals surface area contributed by atoms with Crippen molar-refractivity contribution in [3.63, 3.8) is 0 Å². The number of aromatic nitrogens is 1. The molecule has 2 aromatic rings. The van der Waals surface area contributed by atoms with E-state index in [9.17, 15) is 20.2 Å². The van der Waals surface area contributed by atoms with Crippen molar-refractivity contribution in [2.45, 2.75) is 13.5 Å². The van der Waals surface area contributed by atoms with Gasteiger partial charge in [0.15, 0.2) is 0 Å². The van der Waals surface area contributed by atoms with E-state index in [1.54, 1.807) is 19.1 Å². The molecule has 8 nitrogen and oxygen atoms in total. The highest BCUT2D eigenvalue weighted by Crippen LogP contribution is 2.22. The Hall–Kier alpha value is -3.03. The van der Waals surface area contributed by atoms with Crippen LogP contribution < -0.4 is 5.32 Å². The zero-order valence-corrected chi connectivity index (χ0v) is 11.1. The highest BCUT2D eigenvalue weighted by Gasteiger charge is 2.13. The van der Waals surface area contributed by atoms with E-state index in [0.29, 0.717) is 17.9 Å². The monoisotopic (exact) mass is 288 g/mol. The summed E-state index contributed by atoms with van der Waals surface area (Å²) in [5, 5.41) is 24.4. The van der Waals surface area contributed by atoms with E-state index in [1.807, 2.05) is 0 Å². The van der Waals surface area contributed by atoms with Crippen molar-refractivity contribution in [2.24, 2.45) is 0 Å². The number of nitro groups is 2. The fraction of sp³-hybridized carbons (Fsp3) is 0.154. The molecular weight excluding hydrogens is 276 g/mol. The summed E-state index contributed by atoms with van der Waals surface area (Å²) in [6.45, 7) is 2.02. The first-order valence-corrected chi connectivity index (χ1v) is 6.06. The van der Waals surface area contributed by atoms with Gasteiger partial charge in [0.2, 0.25) is 0 Å². The number of anilines is 1. The Labute approximate surface area is 119 Å². The molecule has 0 amide bonds. The molecule has 0 aliphatic rings. The van der Waals surface area contributed by atoms with Crippen LogP contribution in [0.4, 0.5) is 17.2 Å². The zero-order chi connectivity index (χ0) is 15.4. The molecule has 108 valence electrons. The smallest absolute Gasteiger partial charge is 0.287 e. The van der Waals surface area contributed by atoms with Crippen LogP contribution in [0.1, 0.15) is 11.1 Å². The van der Waals surface area contributed by atoms with Gasteiger partial charge in [0.25, 0.3) is 11.4 Å². The van der Waals surface area contributed by atoms with Crippen LogP contribution >= 0.6 is 0 Å². The molecule has 0 aliphatic carbocycles. The standard InChI is InChI=1S/C13H12N4O4/c1-9-10(3-2-4-12(9)17(20)21)7-14-13-6-5-11(8-15-13)16(18)19/h2-6,8H,7H2,1H3,(H,14,15). The molecule has 0 saturated carbocycles. The maximum atomic E-state index is 10.9. The van der Waals surface area contributed by atoms with E-state index < -0.39 is 9.85 Å². The average molecular weight is 288 g/mol. The normalized spacial score (nSPS) is 10.1. The third kappa shape index (κ3) is 3.30. The summed E-state index contributed by atoms with van der Waals surface area (Å²) in [7, 11) is 0. The molecule has 8 heteroatoms. The minimum Gasteiger partial charge on any atom is -0.366 e. The fourth-order valence-corrected chi connectivity index (χ4v) is 1.84. The molecule has 21 heavy (non-hydrogen) atoms. The molecule has 1 aromatic carbocycles. The lowest BCUT2D eigenvalue weighted by Gasteiger charge is -2.08. The van der Waals surface area contributed by atoms with Crippen molar-refractivity contribution >= 4 is 17.2 Å². The molecule has 0 bridgehead atoms. The second-order valence-electron chi connectivity index (χ2n) is 4.33. The minimum atomic E-state index is -0.526. The number of benzene rings is 1. The zero-order valence-electron chi connectivity index (χ0n) is 11.1. The predicted molar refractivity (Wildman–Crippen MR) is 76.1 cm³/mol. The first-order chi connectivity index (χ1) is 9.99. The number of hydrogen-bond donors (Lipinski definition) is 1. The number of nitro benzene ring substituents is 1. The average Bonchev–Trinajstić information content (AvgIpc) is 2.46. The van der Waals surface area contributed by atoms with Gasteiger partial charge in [-0.25, -0.2) is 4.98 Å². The lowest BCUT2D eigenvalue weighted by molar-refractivity contribution is -0.385. The van der Waals surface area contributed by atoms with Gasteiger partial charge in [0, 0.05) is 24.2 Å². The summed E-state index contributed by atoms with van der Waals surface area (Å²) in [6.07, 6.45) is 1.16. The van der Waals surface area contributed by atoms with Crippen LogP contribution in [0.15, 0.2) is 36.5 Å². The molecular formula is C13H12N4O4. The van der Waals surface area contributed by atoms with E-state index >= 15 is 0 Å². The summed E-state index contributed by atoms with van der Waals surface area (Å²) in [4.78, 5) is 24.3. The highest BCUT2D eigenvalue weighted by molar-refractivity contribution is 5.47. The molecule has 1 N–H and O–H groups in total. The second kappa shape index (κ2) is 5.95. The Kier molecular flexibility index (Phi) is 4.07. The topological polar surface area (TPSA) is 111 Å². The third-order valence-electron chi connectivity index (χ3n) is 3.03. The summed E-state index contributed by atoms with van der Waals surface area (Å²) in [6, 6.07) is 7.68. The van der Waals surface area contributed by atoms with Crippen LogP contribution in [0.25, 0.3) is 0 Å². The van der Waals surface area contributed by atoms with Crippen molar-refractivity contribution in [1.29, 1.82) is 0 Å². The van der Waals surface area contributed by atoms with E-state index in [2.05, 4.69) is 10.3 Å². The molecule has 0 atom stereocenters. The van der Waals surface area contributed by atoms with Gasteiger partial charge >= 0.3 is 0 Å². The number of nitrogens with one attached hydrogen (secondary N) is 1. The van der Waals surface area contributed by atoms with Gasteiger partial charge in [-0.2, -0.15) is 0 Å². The molecule has 1 aromatic heterocycles. The van der Waals surface area contributed by atoms with Crippen molar-refractivity contribution in [3.05, 3.63) is 67.9 Å². The highest BCUT2D eigenvalue weighted by atomic mass is 16.6. The SMILES string of the molecule is Cc1c(CNc2ccc([N+](=O)[O-])cn2)cccc1[N+](=O)[O-]. The van der Waals surface area contributed by atoms with Gasteiger partial charge in [0.05, 0.1) is 9.85 Å². The van der Waals surface area contributed by atoms with Crippen LogP contribution in [0.3, 0.4) is 0 Å². The second-order valence-corrected chi connectivity index (χ2v) is 4.33. The van der Waals surface area contributed by atoms with Crippen molar-refractivity contribution < 1.29 is 9.85 Å². The summed E-state index contributed by atoms with van der Waals surface area (Å²) >= 11 is 0. The van der Waals surface area contributed by atoms with Crippen LogP contribution in [0, 0.1) is 27.2 Å². The number of hydrogen-bond acceptors (Lipinski definition) is 6. The molecule has 0 spiro atoms. The summed E-state index contributed by atoms with van der Waals surface area (Å²) in [5.41, 5.74) is 1.32. The Morgan fingerprint density at radius 2 is 1.90 bits per heavy atom. The van der Waals surface area contributed by atoms with Gasteiger partial charge in [-0.15, -0.1) is 0 Å². The Bertz CT molecular complexity index is 685. The fourth-order valence-electron chi connectivity index (χ4n) is 1.84. The molecule has 0 unspecified atom stereocenters. The largest absolute Gasteiger partial charge is 0.366 e. The van der Waals surface area contributed by atoms with Gasteiger partial charge in [-0.05, 0) is 18.6 Å². The van der Waals surface area contributed by atoms with Crippen LogP contribution in [-0.2, 0) is 6.54 Å². The Morgan fingerprint density at radius 1 is 1.14 bits per heavy atom. The Balaban J connectivity index is 2.11. The van der Waals surface area contributed by atoms with E-state index in [0.717, 1.165) is 11.8 Å². The summed E-state index contributed by atoms with van der Waals surface area (Å²) in [5.74, 6) is 0.464. The maximum Gasteiger partial charge on any atom is 0.287 e. The lowest BCUT2D eigenvalue weighted by Crippen LogP contribution is -2.04. The van der Waals surface area contributed by atoms with Crippen LogP contribution in [0.5, 0.6) is 0 Å². The third-order valence-corrected chi connectivity index (χ3v) is 3.03.